The third kappa shape index (κ3) is 3.03. The molecule has 0 aliphatic heterocycles. The van der Waals surface area contributed by atoms with E-state index in [9.17, 15) is 5.11 Å². The van der Waals surface area contributed by atoms with Crippen molar-refractivity contribution in [2.75, 3.05) is 19.4 Å². The SMILES string of the molecule is CN(C)Cc1ccc(NC2CCc3c(O)cccc32)cc1. The first-order chi connectivity index (χ1) is 10.1. The number of phenolic OH excluding ortho intramolecular Hbond substituents is 1. The number of rotatable bonds is 4. The van der Waals surface area contributed by atoms with Gasteiger partial charge in [-0.3, -0.25) is 0 Å². The van der Waals surface area contributed by atoms with Gasteiger partial charge in [0.15, 0.2) is 0 Å². The van der Waals surface area contributed by atoms with E-state index in [1.54, 1.807) is 6.07 Å². The average Bonchev–Trinajstić information content (AvgIpc) is 2.85. The van der Waals surface area contributed by atoms with Crippen LogP contribution in [0.4, 0.5) is 5.69 Å². The van der Waals surface area contributed by atoms with E-state index in [-0.39, 0.29) is 0 Å². The molecule has 0 saturated carbocycles. The quantitative estimate of drug-likeness (QED) is 0.900. The summed E-state index contributed by atoms with van der Waals surface area (Å²) in [6.45, 7) is 0.959. The van der Waals surface area contributed by atoms with E-state index in [1.165, 1.54) is 11.1 Å². The second kappa shape index (κ2) is 5.78. The van der Waals surface area contributed by atoms with Crippen molar-refractivity contribution >= 4 is 5.69 Å². The Balaban J connectivity index is 1.73. The molecule has 110 valence electrons. The van der Waals surface area contributed by atoms with Gasteiger partial charge in [-0.25, -0.2) is 0 Å². The number of hydrogen-bond donors (Lipinski definition) is 2. The third-order valence-electron chi connectivity index (χ3n) is 4.04. The topological polar surface area (TPSA) is 35.5 Å². The summed E-state index contributed by atoms with van der Waals surface area (Å²) in [5.74, 6) is 0.429. The zero-order chi connectivity index (χ0) is 14.8. The summed E-state index contributed by atoms with van der Waals surface area (Å²) in [7, 11) is 4.15. The number of fused-ring (bicyclic) bond motifs is 1. The van der Waals surface area contributed by atoms with Crippen molar-refractivity contribution in [3.05, 3.63) is 59.2 Å². The molecule has 0 aromatic heterocycles. The fraction of sp³-hybridized carbons (Fsp3) is 0.333. The van der Waals surface area contributed by atoms with E-state index in [0.717, 1.165) is 30.6 Å². The van der Waals surface area contributed by atoms with Crippen molar-refractivity contribution in [2.24, 2.45) is 0 Å². The maximum absolute atomic E-state index is 9.90. The van der Waals surface area contributed by atoms with Gasteiger partial charge in [0.1, 0.15) is 5.75 Å². The predicted octanol–water partition coefficient (Wildman–Crippen LogP) is 3.55. The molecule has 1 unspecified atom stereocenters. The molecule has 0 amide bonds. The smallest absolute Gasteiger partial charge is 0.119 e. The van der Waals surface area contributed by atoms with Crippen LogP contribution in [-0.4, -0.2) is 24.1 Å². The van der Waals surface area contributed by atoms with Crippen LogP contribution >= 0.6 is 0 Å². The zero-order valence-corrected chi connectivity index (χ0v) is 12.6. The van der Waals surface area contributed by atoms with Crippen molar-refractivity contribution in [1.29, 1.82) is 0 Å². The van der Waals surface area contributed by atoms with E-state index in [4.69, 9.17) is 0 Å². The Morgan fingerprint density at radius 3 is 2.62 bits per heavy atom. The molecule has 0 fully saturated rings. The minimum absolute atomic E-state index is 0.298. The van der Waals surface area contributed by atoms with Crippen LogP contribution in [0.1, 0.15) is 29.2 Å². The summed E-state index contributed by atoms with van der Waals surface area (Å²) in [6, 6.07) is 14.7. The fourth-order valence-electron chi connectivity index (χ4n) is 3.06. The van der Waals surface area contributed by atoms with E-state index < -0.39 is 0 Å². The van der Waals surface area contributed by atoms with Gasteiger partial charge in [-0.1, -0.05) is 24.3 Å². The van der Waals surface area contributed by atoms with Gasteiger partial charge in [0.05, 0.1) is 6.04 Å². The first-order valence-electron chi connectivity index (χ1n) is 7.44. The van der Waals surface area contributed by atoms with E-state index >= 15 is 0 Å². The highest BCUT2D eigenvalue weighted by Gasteiger charge is 2.24. The lowest BCUT2D eigenvalue weighted by molar-refractivity contribution is 0.402. The number of nitrogens with one attached hydrogen (secondary N) is 1. The van der Waals surface area contributed by atoms with Gasteiger partial charge in [-0.15, -0.1) is 0 Å². The van der Waals surface area contributed by atoms with Gasteiger partial charge in [0.2, 0.25) is 0 Å². The maximum Gasteiger partial charge on any atom is 0.119 e. The van der Waals surface area contributed by atoms with Gasteiger partial charge in [0.25, 0.3) is 0 Å². The van der Waals surface area contributed by atoms with Crippen LogP contribution in [0.3, 0.4) is 0 Å². The molecular formula is C18H22N2O. The Morgan fingerprint density at radius 1 is 1.14 bits per heavy atom. The molecule has 0 radical (unpaired) electrons. The van der Waals surface area contributed by atoms with Crippen LogP contribution in [0, 0.1) is 0 Å². The number of nitrogens with zero attached hydrogens (tertiary/aromatic N) is 1. The second-order valence-electron chi connectivity index (χ2n) is 6.02. The average molecular weight is 282 g/mol. The normalized spacial score (nSPS) is 17.0. The zero-order valence-electron chi connectivity index (χ0n) is 12.6. The molecule has 3 nitrogen and oxygen atoms in total. The number of benzene rings is 2. The highest BCUT2D eigenvalue weighted by Crippen LogP contribution is 2.38. The number of aromatic hydroxyl groups is 1. The number of hydrogen-bond acceptors (Lipinski definition) is 3. The minimum atomic E-state index is 0.298. The van der Waals surface area contributed by atoms with Crippen LogP contribution in [0.2, 0.25) is 0 Å². The molecule has 1 aliphatic carbocycles. The molecule has 0 bridgehead atoms. The van der Waals surface area contributed by atoms with E-state index in [1.807, 2.05) is 6.07 Å². The van der Waals surface area contributed by atoms with Gasteiger partial charge < -0.3 is 15.3 Å². The van der Waals surface area contributed by atoms with Crippen LogP contribution in [0.25, 0.3) is 0 Å². The minimum Gasteiger partial charge on any atom is -0.508 e. The molecule has 1 atom stereocenters. The Hall–Kier alpha value is -2.00. The van der Waals surface area contributed by atoms with Crippen molar-refractivity contribution in [3.8, 4) is 5.75 Å². The lowest BCUT2D eigenvalue weighted by atomic mass is 10.1. The lowest BCUT2D eigenvalue weighted by Gasteiger charge is -2.16. The Morgan fingerprint density at radius 2 is 1.90 bits per heavy atom. The summed E-state index contributed by atoms with van der Waals surface area (Å²) in [4.78, 5) is 2.17. The summed E-state index contributed by atoms with van der Waals surface area (Å²) in [5, 5.41) is 13.5. The summed E-state index contributed by atoms with van der Waals surface area (Å²) in [6.07, 6.45) is 1.98. The Bertz CT molecular complexity index is 620. The third-order valence-corrected chi connectivity index (χ3v) is 4.04. The van der Waals surface area contributed by atoms with E-state index in [2.05, 4.69) is 54.6 Å². The Labute approximate surface area is 126 Å². The molecule has 3 heteroatoms. The summed E-state index contributed by atoms with van der Waals surface area (Å²) in [5.41, 5.74) is 4.78. The van der Waals surface area contributed by atoms with Crippen LogP contribution < -0.4 is 5.32 Å². The van der Waals surface area contributed by atoms with Crippen LogP contribution in [-0.2, 0) is 13.0 Å². The molecule has 2 aromatic carbocycles. The van der Waals surface area contributed by atoms with E-state index in [0.29, 0.717) is 11.8 Å². The van der Waals surface area contributed by atoms with Crippen molar-refractivity contribution in [2.45, 2.75) is 25.4 Å². The van der Waals surface area contributed by atoms with Crippen LogP contribution in [0.15, 0.2) is 42.5 Å². The molecule has 0 saturated heterocycles. The monoisotopic (exact) mass is 282 g/mol. The van der Waals surface area contributed by atoms with Gasteiger partial charge in [-0.2, -0.15) is 0 Å². The highest BCUT2D eigenvalue weighted by atomic mass is 16.3. The van der Waals surface area contributed by atoms with Crippen molar-refractivity contribution in [1.82, 2.24) is 4.90 Å². The molecule has 3 rings (SSSR count). The predicted molar refractivity (Wildman–Crippen MR) is 86.6 cm³/mol. The standard InChI is InChI=1S/C18H22N2O/c1-20(2)12-13-6-8-14(9-7-13)19-17-11-10-16-15(17)4-3-5-18(16)21/h3-9,17,19,21H,10-12H2,1-2H3. The molecular weight excluding hydrogens is 260 g/mol. The molecule has 2 aromatic rings. The molecule has 21 heavy (non-hydrogen) atoms. The highest BCUT2D eigenvalue weighted by molar-refractivity contribution is 5.51. The van der Waals surface area contributed by atoms with Crippen LogP contribution in [0.5, 0.6) is 5.75 Å². The first kappa shape index (κ1) is 14.0. The molecule has 2 N–H and O–H groups in total. The maximum atomic E-state index is 9.90. The van der Waals surface area contributed by atoms with Gasteiger partial charge in [0, 0.05) is 12.2 Å². The first-order valence-corrected chi connectivity index (χ1v) is 7.44. The lowest BCUT2D eigenvalue weighted by Crippen LogP contribution is -2.11. The van der Waals surface area contributed by atoms with Gasteiger partial charge >= 0.3 is 0 Å². The molecule has 0 spiro atoms. The number of anilines is 1. The summed E-state index contributed by atoms with van der Waals surface area (Å²) >= 11 is 0. The molecule has 0 heterocycles. The van der Waals surface area contributed by atoms with Gasteiger partial charge in [-0.05, 0) is 61.8 Å². The fourth-order valence-corrected chi connectivity index (χ4v) is 3.06. The number of phenols is 1. The van der Waals surface area contributed by atoms with Crippen molar-refractivity contribution in [3.63, 3.8) is 0 Å². The summed E-state index contributed by atoms with van der Waals surface area (Å²) < 4.78 is 0. The van der Waals surface area contributed by atoms with Crippen molar-refractivity contribution < 1.29 is 5.11 Å². The molecule has 1 aliphatic rings. The Kier molecular flexibility index (Phi) is 3.84. The largest absolute Gasteiger partial charge is 0.508 e. The second-order valence-corrected chi connectivity index (χ2v) is 6.02.